The van der Waals surface area contributed by atoms with Gasteiger partial charge in [0, 0.05) is 35.1 Å². The number of H-pyrrole nitrogens is 1. The SMILES string of the molecule is CCOc1cc(C(=O)N(Cc2cccc3cn[nH]c23)C2CC(N)C2)ccc1-c1cccc(C#N)c1. The summed E-state index contributed by atoms with van der Waals surface area (Å²) in [6, 6.07) is 21.3. The Balaban J connectivity index is 1.49. The lowest BCUT2D eigenvalue weighted by molar-refractivity contribution is 0.0524. The molecule has 0 saturated heterocycles. The van der Waals surface area contributed by atoms with Crippen LogP contribution in [0, 0.1) is 11.3 Å². The Morgan fingerprint density at radius 1 is 1.20 bits per heavy atom. The van der Waals surface area contributed by atoms with E-state index in [1.54, 1.807) is 12.3 Å². The second kappa shape index (κ2) is 9.61. The maximum atomic E-state index is 13.8. The molecule has 0 bridgehead atoms. The number of nitrogens with zero attached hydrogens (tertiary/aromatic N) is 3. The van der Waals surface area contributed by atoms with Gasteiger partial charge in [-0.3, -0.25) is 9.89 Å². The zero-order chi connectivity index (χ0) is 24.4. The van der Waals surface area contributed by atoms with Crippen LogP contribution < -0.4 is 10.5 Å². The quantitative estimate of drug-likeness (QED) is 0.414. The van der Waals surface area contributed by atoms with E-state index in [0.717, 1.165) is 40.4 Å². The molecule has 0 spiro atoms. The lowest BCUT2D eigenvalue weighted by Gasteiger charge is -2.41. The van der Waals surface area contributed by atoms with Crippen LogP contribution in [0.25, 0.3) is 22.0 Å². The fourth-order valence-electron chi connectivity index (χ4n) is 4.69. The molecule has 3 aromatic carbocycles. The topological polar surface area (TPSA) is 108 Å². The molecule has 1 heterocycles. The molecular formula is C28H27N5O2. The average molecular weight is 466 g/mol. The molecule has 7 heteroatoms. The molecule has 4 aromatic rings. The molecule has 0 radical (unpaired) electrons. The van der Waals surface area contributed by atoms with Crippen LogP contribution in [0.1, 0.15) is 41.3 Å². The summed E-state index contributed by atoms with van der Waals surface area (Å²) in [6.45, 7) is 2.84. The molecule has 5 rings (SSSR count). The lowest BCUT2D eigenvalue weighted by atomic mass is 9.85. The van der Waals surface area contributed by atoms with Crippen LogP contribution in [0.15, 0.2) is 66.9 Å². The van der Waals surface area contributed by atoms with Gasteiger partial charge in [0.1, 0.15) is 5.75 Å². The molecule has 0 aliphatic heterocycles. The number of benzene rings is 3. The van der Waals surface area contributed by atoms with Crippen LogP contribution in [0.3, 0.4) is 0 Å². The fourth-order valence-corrected chi connectivity index (χ4v) is 4.69. The Hall–Kier alpha value is -4.15. The van der Waals surface area contributed by atoms with Crippen molar-refractivity contribution in [1.82, 2.24) is 15.1 Å². The van der Waals surface area contributed by atoms with Gasteiger partial charge in [0.15, 0.2) is 0 Å². The zero-order valence-electron chi connectivity index (χ0n) is 19.6. The summed E-state index contributed by atoms with van der Waals surface area (Å²) in [5, 5.41) is 17.5. The van der Waals surface area contributed by atoms with Crippen molar-refractivity contribution in [2.75, 3.05) is 6.61 Å². The number of fused-ring (bicyclic) bond motifs is 1. The standard InChI is InChI=1S/C28H27N5O2/c1-2-35-26-12-20(9-10-25(26)19-6-3-5-18(11-19)15-29)28(34)33(24-13-23(30)14-24)17-22-8-4-7-21-16-31-32-27(21)22/h3-12,16,23-24H,2,13-14,17,30H2,1H3,(H,31,32). The first-order valence-corrected chi connectivity index (χ1v) is 11.8. The van der Waals surface area contributed by atoms with Crippen molar-refractivity contribution < 1.29 is 9.53 Å². The van der Waals surface area contributed by atoms with E-state index in [9.17, 15) is 10.1 Å². The third-order valence-corrected chi connectivity index (χ3v) is 6.59. The number of nitrogens with two attached hydrogens (primary N) is 1. The number of carbonyl (C=O) groups excluding carboxylic acids is 1. The molecule has 7 nitrogen and oxygen atoms in total. The molecule has 1 aromatic heterocycles. The zero-order valence-corrected chi connectivity index (χ0v) is 19.6. The number of rotatable bonds is 7. The Bertz CT molecular complexity index is 1410. The van der Waals surface area contributed by atoms with Crippen molar-refractivity contribution in [3.63, 3.8) is 0 Å². The second-order valence-corrected chi connectivity index (χ2v) is 8.91. The van der Waals surface area contributed by atoms with Gasteiger partial charge in [0.25, 0.3) is 5.91 Å². The molecule has 3 N–H and O–H groups in total. The van der Waals surface area contributed by atoms with Crippen LogP contribution in [0.5, 0.6) is 5.75 Å². The molecular weight excluding hydrogens is 438 g/mol. The third kappa shape index (κ3) is 4.48. The largest absolute Gasteiger partial charge is 0.493 e. The van der Waals surface area contributed by atoms with Crippen molar-refractivity contribution in [2.24, 2.45) is 5.73 Å². The van der Waals surface area contributed by atoms with Gasteiger partial charge in [-0.15, -0.1) is 0 Å². The predicted octanol–water partition coefficient (Wildman–Crippen LogP) is 4.63. The molecule has 1 saturated carbocycles. The molecule has 0 atom stereocenters. The van der Waals surface area contributed by atoms with E-state index < -0.39 is 0 Å². The molecule has 1 aliphatic rings. The number of aromatic nitrogens is 2. The van der Waals surface area contributed by atoms with Gasteiger partial charge >= 0.3 is 0 Å². The molecule has 35 heavy (non-hydrogen) atoms. The Morgan fingerprint density at radius 2 is 2.03 bits per heavy atom. The Kier molecular flexibility index (Phi) is 6.21. The first-order chi connectivity index (χ1) is 17.1. The van der Waals surface area contributed by atoms with Gasteiger partial charge < -0.3 is 15.4 Å². The number of nitrogens with one attached hydrogen (secondary N) is 1. The lowest BCUT2D eigenvalue weighted by Crippen LogP contribution is -2.52. The number of ether oxygens (including phenoxy) is 1. The highest BCUT2D eigenvalue weighted by Gasteiger charge is 2.35. The highest BCUT2D eigenvalue weighted by atomic mass is 16.5. The van der Waals surface area contributed by atoms with Gasteiger partial charge in [-0.05, 0) is 61.2 Å². The summed E-state index contributed by atoms with van der Waals surface area (Å²) < 4.78 is 5.93. The molecule has 176 valence electrons. The fraction of sp³-hybridized carbons (Fsp3) is 0.250. The van der Waals surface area contributed by atoms with Gasteiger partial charge in [-0.25, -0.2) is 0 Å². The number of hydrogen-bond acceptors (Lipinski definition) is 5. The summed E-state index contributed by atoms with van der Waals surface area (Å²) in [6.07, 6.45) is 3.35. The molecule has 1 fully saturated rings. The predicted molar refractivity (Wildman–Crippen MR) is 135 cm³/mol. The number of para-hydroxylation sites is 1. The number of aromatic amines is 1. The van der Waals surface area contributed by atoms with Crippen LogP contribution in [0.2, 0.25) is 0 Å². The van der Waals surface area contributed by atoms with Crippen molar-refractivity contribution in [3.05, 3.63) is 83.6 Å². The highest BCUT2D eigenvalue weighted by molar-refractivity contribution is 5.96. The van der Waals surface area contributed by atoms with Gasteiger partial charge in [0.05, 0.1) is 30.0 Å². The maximum absolute atomic E-state index is 13.8. The van der Waals surface area contributed by atoms with Crippen LogP contribution in [0.4, 0.5) is 0 Å². The third-order valence-electron chi connectivity index (χ3n) is 6.59. The molecule has 1 aliphatic carbocycles. The van der Waals surface area contributed by atoms with E-state index in [1.807, 2.05) is 66.4 Å². The van der Waals surface area contributed by atoms with Crippen molar-refractivity contribution in [2.45, 2.75) is 38.4 Å². The summed E-state index contributed by atoms with van der Waals surface area (Å²) in [5.74, 6) is 0.561. The number of carbonyl (C=O) groups is 1. The summed E-state index contributed by atoms with van der Waals surface area (Å²) >= 11 is 0. The van der Waals surface area contributed by atoms with Crippen LogP contribution in [-0.4, -0.2) is 39.7 Å². The van der Waals surface area contributed by atoms with Crippen LogP contribution >= 0.6 is 0 Å². The number of amides is 1. The van der Waals surface area contributed by atoms with E-state index in [4.69, 9.17) is 10.5 Å². The Labute approximate surface area is 204 Å². The van der Waals surface area contributed by atoms with Crippen LogP contribution in [-0.2, 0) is 6.54 Å². The van der Waals surface area contributed by atoms with E-state index in [2.05, 4.69) is 16.3 Å². The Morgan fingerprint density at radius 3 is 2.80 bits per heavy atom. The van der Waals surface area contributed by atoms with Crippen molar-refractivity contribution in [3.8, 4) is 22.9 Å². The smallest absolute Gasteiger partial charge is 0.254 e. The maximum Gasteiger partial charge on any atom is 0.254 e. The van der Waals surface area contributed by atoms with E-state index in [-0.39, 0.29) is 18.0 Å². The number of nitriles is 1. The minimum atomic E-state index is -0.0586. The molecule has 0 unspecified atom stereocenters. The summed E-state index contributed by atoms with van der Waals surface area (Å²) in [5.41, 5.74) is 10.9. The van der Waals surface area contributed by atoms with E-state index in [0.29, 0.717) is 30.0 Å². The molecule has 1 amide bonds. The van der Waals surface area contributed by atoms with Gasteiger partial charge in [0.2, 0.25) is 0 Å². The van der Waals surface area contributed by atoms with E-state index in [1.165, 1.54) is 0 Å². The van der Waals surface area contributed by atoms with Crippen molar-refractivity contribution in [1.29, 1.82) is 5.26 Å². The number of hydrogen-bond donors (Lipinski definition) is 2. The minimum Gasteiger partial charge on any atom is -0.493 e. The first kappa shape index (κ1) is 22.6. The summed E-state index contributed by atoms with van der Waals surface area (Å²) in [4.78, 5) is 15.7. The second-order valence-electron chi connectivity index (χ2n) is 8.91. The van der Waals surface area contributed by atoms with Crippen molar-refractivity contribution >= 4 is 16.8 Å². The first-order valence-electron chi connectivity index (χ1n) is 11.8. The minimum absolute atomic E-state index is 0.0586. The normalized spacial score (nSPS) is 16.9. The highest BCUT2D eigenvalue weighted by Crippen LogP contribution is 2.34. The average Bonchev–Trinajstić information content (AvgIpc) is 3.35. The van der Waals surface area contributed by atoms with Gasteiger partial charge in [-0.2, -0.15) is 10.4 Å². The summed E-state index contributed by atoms with van der Waals surface area (Å²) in [7, 11) is 0. The monoisotopic (exact) mass is 465 g/mol. The van der Waals surface area contributed by atoms with Gasteiger partial charge in [-0.1, -0.05) is 30.3 Å². The van der Waals surface area contributed by atoms with E-state index >= 15 is 0 Å².